The molecule has 3 rings (SSSR count). The third-order valence-corrected chi connectivity index (χ3v) is 3.83. The van der Waals surface area contributed by atoms with Crippen LogP contribution in [-0.2, 0) is 16.1 Å². The topological polar surface area (TPSA) is 56.5 Å². The van der Waals surface area contributed by atoms with Crippen LogP contribution in [0.3, 0.4) is 0 Å². The smallest absolute Gasteiger partial charge is 0.134 e. The summed E-state index contributed by atoms with van der Waals surface area (Å²) in [4.78, 5) is 0. The quantitative estimate of drug-likeness (QED) is 0.881. The Morgan fingerprint density at radius 1 is 1.50 bits per heavy atom. The van der Waals surface area contributed by atoms with Gasteiger partial charge in [-0.25, -0.2) is 0 Å². The lowest BCUT2D eigenvalue weighted by Crippen LogP contribution is -2.41. The molecule has 0 saturated carbocycles. The summed E-state index contributed by atoms with van der Waals surface area (Å²) < 4.78 is 16.9. The van der Waals surface area contributed by atoms with E-state index in [-0.39, 0.29) is 11.7 Å². The fraction of sp³-hybridized carbons (Fsp3) is 0.769. The van der Waals surface area contributed by atoms with Crippen molar-refractivity contribution in [1.29, 1.82) is 0 Å². The van der Waals surface area contributed by atoms with E-state index in [9.17, 15) is 0 Å². The summed E-state index contributed by atoms with van der Waals surface area (Å²) in [5.41, 5.74) is 0.925. The van der Waals surface area contributed by atoms with E-state index in [0.29, 0.717) is 13.2 Å². The van der Waals surface area contributed by atoms with Crippen molar-refractivity contribution >= 4 is 0 Å². The summed E-state index contributed by atoms with van der Waals surface area (Å²) in [7, 11) is 0. The molecular weight excluding hydrogens is 232 g/mol. The minimum atomic E-state index is 0.0651. The first-order chi connectivity index (χ1) is 8.76. The Kier molecular flexibility index (Phi) is 3.37. The van der Waals surface area contributed by atoms with E-state index in [0.717, 1.165) is 43.8 Å². The number of piperidine rings is 1. The Hall–Kier alpha value is -0.910. The SMILES string of the molecule is Cc1cc(COC2COC3(CCNCC3)C2)no1. The van der Waals surface area contributed by atoms with Crippen molar-refractivity contribution in [2.45, 2.75) is 44.5 Å². The summed E-state index contributed by atoms with van der Waals surface area (Å²) in [5, 5.41) is 7.30. The third kappa shape index (κ3) is 2.58. The Labute approximate surface area is 107 Å². The number of nitrogens with one attached hydrogen (secondary N) is 1. The van der Waals surface area contributed by atoms with Crippen molar-refractivity contribution in [3.63, 3.8) is 0 Å². The zero-order valence-electron chi connectivity index (χ0n) is 10.8. The van der Waals surface area contributed by atoms with E-state index in [4.69, 9.17) is 14.0 Å². The molecule has 0 radical (unpaired) electrons. The number of nitrogens with zero attached hydrogens (tertiary/aromatic N) is 1. The summed E-state index contributed by atoms with van der Waals surface area (Å²) in [6.45, 7) is 5.21. The van der Waals surface area contributed by atoms with Crippen molar-refractivity contribution in [2.24, 2.45) is 0 Å². The first-order valence-corrected chi connectivity index (χ1v) is 6.64. The van der Waals surface area contributed by atoms with Gasteiger partial charge in [-0.05, 0) is 32.9 Å². The van der Waals surface area contributed by atoms with E-state index in [1.165, 1.54) is 0 Å². The molecule has 1 spiro atoms. The van der Waals surface area contributed by atoms with Gasteiger partial charge < -0.3 is 19.3 Å². The molecule has 0 bridgehead atoms. The van der Waals surface area contributed by atoms with E-state index in [1.54, 1.807) is 0 Å². The van der Waals surface area contributed by atoms with Gasteiger partial charge in [0.05, 0.1) is 24.9 Å². The summed E-state index contributed by atoms with van der Waals surface area (Å²) in [6, 6.07) is 1.91. The van der Waals surface area contributed by atoms with Gasteiger partial charge in [0.25, 0.3) is 0 Å². The predicted octanol–water partition coefficient (Wildman–Crippen LogP) is 1.41. The normalized spacial score (nSPS) is 26.8. The maximum Gasteiger partial charge on any atom is 0.134 e. The number of aryl methyl sites for hydroxylation is 1. The van der Waals surface area contributed by atoms with Crippen molar-refractivity contribution in [3.05, 3.63) is 17.5 Å². The second-order valence-electron chi connectivity index (χ2n) is 5.31. The van der Waals surface area contributed by atoms with Gasteiger partial charge in [0.1, 0.15) is 11.5 Å². The Morgan fingerprint density at radius 3 is 3.06 bits per heavy atom. The van der Waals surface area contributed by atoms with Crippen LogP contribution in [0.4, 0.5) is 0 Å². The van der Waals surface area contributed by atoms with Gasteiger partial charge >= 0.3 is 0 Å². The molecule has 2 aliphatic heterocycles. The number of hydrogen-bond acceptors (Lipinski definition) is 5. The highest BCUT2D eigenvalue weighted by molar-refractivity contribution is 5.02. The summed E-state index contributed by atoms with van der Waals surface area (Å²) >= 11 is 0. The van der Waals surface area contributed by atoms with Crippen LogP contribution in [-0.4, -0.2) is 36.6 Å². The van der Waals surface area contributed by atoms with Gasteiger partial charge in [-0.1, -0.05) is 5.16 Å². The fourth-order valence-electron chi connectivity index (χ4n) is 2.83. The highest BCUT2D eigenvalue weighted by atomic mass is 16.6. The molecule has 1 atom stereocenters. The highest BCUT2D eigenvalue weighted by Gasteiger charge is 2.41. The van der Waals surface area contributed by atoms with Gasteiger partial charge in [0, 0.05) is 12.5 Å². The molecule has 0 aromatic carbocycles. The van der Waals surface area contributed by atoms with Gasteiger partial charge in [0.15, 0.2) is 0 Å². The van der Waals surface area contributed by atoms with Crippen LogP contribution in [0.5, 0.6) is 0 Å². The molecule has 2 fully saturated rings. The maximum absolute atomic E-state index is 5.98. The lowest BCUT2D eigenvalue weighted by molar-refractivity contribution is -0.0242. The summed E-state index contributed by atoms with van der Waals surface area (Å²) in [6.07, 6.45) is 3.39. The largest absolute Gasteiger partial charge is 0.372 e. The van der Waals surface area contributed by atoms with Crippen molar-refractivity contribution in [1.82, 2.24) is 10.5 Å². The fourth-order valence-corrected chi connectivity index (χ4v) is 2.83. The van der Waals surface area contributed by atoms with Gasteiger partial charge in [-0.3, -0.25) is 0 Å². The van der Waals surface area contributed by atoms with Gasteiger partial charge in [0.2, 0.25) is 0 Å². The molecule has 0 aliphatic carbocycles. The molecule has 100 valence electrons. The van der Waals surface area contributed by atoms with Crippen LogP contribution in [0.25, 0.3) is 0 Å². The van der Waals surface area contributed by atoms with Crippen LogP contribution in [0.2, 0.25) is 0 Å². The summed E-state index contributed by atoms with van der Waals surface area (Å²) in [5.74, 6) is 0.825. The van der Waals surface area contributed by atoms with Crippen molar-refractivity contribution < 1.29 is 14.0 Å². The zero-order chi connectivity index (χ0) is 12.4. The van der Waals surface area contributed by atoms with E-state index in [1.807, 2.05) is 13.0 Å². The van der Waals surface area contributed by atoms with Crippen LogP contribution in [0.15, 0.2) is 10.6 Å². The van der Waals surface area contributed by atoms with E-state index >= 15 is 0 Å². The van der Waals surface area contributed by atoms with Crippen molar-refractivity contribution in [3.8, 4) is 0 Å². The molecule has 0 amide bonds. The highest BCUT2D eigenvalue weighted by Crippen LogP contribution is 2.35. The standard InChI is InChI=1S/C13H20N2O3/c1-10-6-11(15-18-10)8-16-12-7-13(17-9-12)2-4-14-5-3-13/h6,12,14H,2-5,7-9H2,1H3. The van der Waals surface area contributed by atoms with Gasteiger partial charge in [-0.2, -0.15) is 0 Å². The molecule has 1 N–H and O–H groups in total. The lowest BCUT2D eigenvalue weighted by atomic mass is 9.89. The van der Waals surface area contributed by atoms with Crippen LogP contribution in [0, 0.1) is 6.92 Å². The molecule has 3 heterocycles. The Bertz CT molecular complexity index is 399. The third-order valence-electron chi connectivity index (χ3n) is 3.83. The maximum atomic E-state index is 5.98. The molecule has 5 nitrogen and oxygen atoms in total. The number of ether oxygens (including phenoxy) is 2. The van der Waals surface area contributed by atoms with Crippen LogP contribution >= 0.6 is 0 Å². The van der Waals surface area contributed by atoms with Crippen LogP contribution in [0.1, 0.15) is 30.7 Å². The monoisotopic (exact) mass is 252 g/mol. The predicted molar refractivity (Wildman–Crippen MR) is 65.2 cm³/mol. The molecule has 1 unspecified atom stereocenters. The molecule has 18 heavy (non-hydrogen) atoms. The zero-order valence-corrected chi connectivity index (χ0v) is 10.8. The minimum Gasteiger partial charge on any atom is -0.372 e. The molecule has 5 heteroatoms. The van der Waals surface area contributed by atoms with E-state index < -0.39 is 0 Å². The molecular formula is C13H20N2O3. The minimum absolute atomic E-state index is 0.0651. The number of hydrogen-bond donors (Lipinski definition) is 1. The first kappa shape index (κ1) is 12.1. The second-order valence-corrected chi connectivity index (χ2v) is 5.31. The van der Waals surface area contributed by atoms with E-state index in [2.05, 4.69) is 10.5 Å². The average Bonchev–Trinajstić information content (AvgIpc) is 2.96. The lowest BCUT2D eigenvalue weighted by Gasteiger charge is -2.32. The molecule has 2 saturated heterocycles. The second kappa shape index (κ2) is 4.99. The number of rotatable bonds is 3. The molecule has 1 aromatic heterocycles. The Morgan fingerprint density at radius 2 is 2.33 bits per heavy atom. The molecule has 2 aliphatic rings. The average molecular weight is 252 g/mol. The van der Waals surface area contributed by atoms with Crippen molar-refractivity contribution in [2.75, 3.05) is 19.7 Å². The number of aromatic nitrogens is 1. The van der Waals surface area contributed by atoms with Crippen LogP contribution < -0.4 is 5.32 Å². The Balaban J connectivity index is 1.50. The first-order valence-electron chi connectivity index (χ1n) is 6.64. The van der Waals surface area contributed by atoms with Gasteiger partial charge in [-0.15, -0.1) is 0 Å². The molecule has 1 aromatic rings.